The molecule has 0 radical (unpaired) electrons. The summed E-state index contributed by atoms with van der Waals surface area (Å²) in [5.74, 6) is -0.704. The molecule has 2 aromatic carbocycles. The molecule has 0 aliphatic heterocycles. The first kappa shape index (κ1) is 21.8. The lowest BCUT2D eigenvalue weighted by Gasteiger charge is -2.12. The lowest BCUT2D eigenvalue weighted by Crippen LogP contribution is -2.01. The van der Waals surface area contributed by atoms with Crippen LogP contribution in [0.25, 0.3) is 17.4 Å². The standard InChI is InChI=1S/C22H19F2NO6/c1-27-19-8-13(9-20(28-2)22(19)29-3)4-7-21(26)30-12-15-11-18(31-25-15)16-6-5-14(23)10-17(16)24/h4-11H,12H2,1-3H3/b7-4+. The van der Waals surface area contributed by atoms with E-state index in [1.807, 2.05) is 0 Å². The molecule has 3 rings (SSSR count). The zero-order valence-corrected chi connectivity index (χ0v) is 17.0. The minimum Gasteiger partial charge on any atom is -0.493 e. The third-order valence-corrected chi connectivity index (χ3v) is 4.22. The van der Waals surface area contributed by atoms with Crippen molar-refractivity contribution in [3.8, 4) is 28.6 Å². The lowest BCUT2D eigenvalue weighted by molar-refractivity contribution is -0.139. The molecular formula is C22H19F2NO6. The van der Waals surface area contributed by atoms with Gasteiger partial charge in [0.25, 0.3) is 0 Å². The summed E-state index contributed by atoms with van der Waals surface area (Å²) in [6.45, 7) is -0.190. The number of halogens is 2. The van der Waals surface area contributed by atoms with Crippen LogP contribution >= 0.6 is 0 Å². The fraction of sp³-hybridized carbons (Fsp3) is 0.182. The van der Waals surface area contributed by atoms with Gasteiger partial charge in [0, 0.05) is 18.2 Å². The maximum atomic E-state index is 13.8. The van der Waals surface area contributed by atoms with Crippen LogP contribution in [0.1, 0.15) is 11.3 Å². The molecule has 162 valence electrons. The van der Waals surface area contributed by atoms with Crippen LogP contribution in [0.2, 0.25) is 0 Å². The van der Waals surface area contributed by atoms with Gasteiger partial charge in [-0.1, -0.05) is 5.16 Å². The molecule has 31 heavy (non-hydrogen) atoms. The fourth-order valence-corrected chi connectivity index (χ4v) is 2.75. The zero-order chi connectivity index (χ0) is 22.4. The molecule has 7 nitrogen and oxygen atoms in total. The van der Waals surface area contributed by atoms with E-state index in [1.165, 1.54) is 45.6 Å². The van der Waals surface area contributed by atoms with Gasteiger partial charge in [-0.05, 0) is 35.9 Å². The van der Waals surface area contributed by atoms with Crippen LogP contribution in [-0.2, 0) is 16.1 Å². The number of hydrogen-bond donors (Lipinski definition) is 0. The molecule has 0 unspecified atom stereocenters. The number of benzene rings is 2. The van der Waals surface area contributed by atoms with Crippen molar-refractivity contribution in [2.24, 2.45) is 0 Å². The Balaban J connectivity index is 1.64. The fourth-order valence-electron chi connectivity index (χ4n) is 2.75. The predicted octanol–water partition coefficient (Wildman–Crippen LogP) is 4.40. The summed E-state index contributed by atoms with van der Waals surface area (Å²) in [6, 6.07) is 7.84. The molecule has 0 saturated carbocycles. The Labute approximate surface area is 176 Å². The molecule has 0 atom stereocenters. The predicted molar refractivity (Wildman–Crippen MR) is 107 cm³/mol. The van der Waals surface area contributed by atoms with Crippen LogP contribution in [0.4, 0.5) is 8.78 Å². The van der Waals surface area contributed by atoms with Gasteiger partial charge in [-0.15, -0.1) is 0 Å². The monoisotopic (exact) mass is 431 g/mol. The highest BCUT2D eigenvalue weighted by Crippen LogP contribution is 2.38. The highest BCUT2D eigenvalue weighted by atomic mass is 19.1. The Morgan fingerprint density at radius 1 is 1.03 bits per heavy atom. The maximum Gasteiger partial charge on any atom is 0.331 e. The van der Waals surface area contributed by atoms with Crippen LogP contribution in [0.15, 0.2) is 47.0 Å². The molecule has 3 aromatic rings. The number of ether oxygens (including phenoxy) is 4. The quantitative estimate of drug-likeness (QED) is 0.386. The Morgan fingerprint density at radius 3 is 2.35 bits per heavy atom. The van der Waals surface area contributed by atoms with Gasteiger partial charge in [-0.2, -0.15) is 0 Å². The van der Waals surface area contributed by atoms with Crippen molar-refractivity contribution in [1.82, 2.24) is 5.16 Å². The summed E-state index contributed by atoms with van der Waals surface area (Å²) in [7, 11) is 4.47. The largest absolute Gasteiger partial charge is 0.493 e. The summed E-state index contributed by atoms with van der Waals surface area (Å²) in [5.41, 5.74) is 0.948. The first-order valence-electron chi connectivity index (χ1n) is 9.01. The van der Waals surface area contributed by atoms with Gasteiger partial charge in [0.1, 0.15) is 23.9 Å². The third-order valence-electron chi connectivity index (χ3n) is 4.22. The van der Waals surface area contributed by atoms with E-state index in [9.17, 15) is 13.6 Å². The van der Waals surface area contributed by atoms with Crippen molar-refractivity contribution in [3.05, 3.63) is 65.4 Å². The average molecular weight is 431 g/mol. The number of methoxy groups -OCH3 is 3. The summed E-state index contributed by atoms with van der Waals surface area (Å²) < 4.78 is 52.8. The van der Waals surface area contributed by atoms with Crippen LogP contribution < -0.4 is 14.2 Å². The molecular weight excluding hydrogens is 412 g/mol. The van der Waals surface area contributed by atoms with Gasteiger partial charge >= 0.3 is 5.97 Å². The minimum absolute atomic E-state index is 0.0498. The SMILES string of the molecule is COc1cc(/C=C/C(=O)OCc2cc(-c3ccc(F)cc3F)on2)cc(OC)c1OC. The summed E-state index contributed by atoms with van der Waals surface area (Å²) in [5, 5.41) is 3.73. The molecule has 0 fully saturated rings. The summed E-state index contributed by atoms with van der Waals surface area (Å²) >= 11 is 0. The molecule has 0 bridgehead atoms. The molecule has 0 spiro atoms. The normalized spacial score (nSPS) is 10.9. The second kappa shape index (κ2) is 9.75. The number of esters is 1. The van der Waals surface area contributed by atoms with Crippen LogP contribution in [0.5, 0.6) is 17.2 Å². The van der Waals surface area contributed by atoms with E-state index < -0.39 is 17.6 Å². The van der Waals surface area contributed by atoms with E-state index in [2.05, 4.69) is 5.16 Å². The molecule has 0 saturated heterocycles. The molecule has 0 N–H and O–H groups in total. The Hall–Kier alpha value is -3.88. The van der Waals surface area contributed by atoms with E-state index >= 15 is 0 Å². The van der Waals surface area contributed by atoms with Crippen molar-refractivity contribution in [2.75, 3.05) is 21.3 Å². The van der Waals surface area contributed by atoms with Crippen LogP contribution in [-0.4, -0.2) is 32.5 Å². The Kier molecular flexibility index (Phi) is 6.86. The van der Waals surface area contributed by atoms with Crippen molar-refractivity contribution in [2.45, 2.75) is 6.61 Å². The van der Waals surface area contributed by atoms with Gasteiger partial charge in [0.05, 0.1) is 26.9 Å². The molecule has 0 amide bonds. The Bertz CT molecular complexity index is 1080. The first-order chi connectivity index (χ1) is 14.9. The summed E-state index contributed by atoms with van der Waals surface area (Å²) in [6.07, 6.45) is 2.75. The van der Waals surface area contributed by atoms with Crippen molar-refractivity contribution < 1.29 is 37.0 Å². The lowest BCUT2D eigenvalue weighted by atomic mass is 10.1. The molecule has 0 aliphatic rings. The number of nitrogens with zero attached hydrogens (tertiary/aromatic N) is 1. The van der Waals surface area contributed by atoms with E-state index in [1.54, 1.807) is 12.1 Å². The topological polar surface area (TPSA) is 80.0 Å². The van der Waals surface area contributed by atoms with Crippen LogP contribution in [0, 0.1) is 11.6 Å². The van der Waals surface area contributed by atoms with E-state index in [4.69, 9.17) is 23.5 Å². The smallest absolute Gasteiger partial charge is 0.331 e. The Morgan fingerprint density at radius 2 is 1.74 bits per heavy atom. The summed E-state index contributed by atoms with van der Waals surface area (Å²) in [4.78, 5) is 12.0. The number of carbonyl (C=O) groups is 1. The second-order valence-corrected chi connectivity index (χ2v) is 6.21. The number of aromatic nitrogens is 1. The van der Waals surface area contributed by atoms with Gasteiger partial charge < -0.3 is 23.5 Å². The van der Waals surface area contributed by atoms with Crippen molar-refractivity contribution >= 4 is 12.0 Å². The second-order valence-electron chi connectivity index (χ2n) is 6.21. The van der Waals surface area contributed by atoms with Gasteiger partial charge in [0.2, 0.25) is 5.75 Å². The number of hydrogen-bond acceptors (Lipinski definition) is 7. The highest BCUT2D eigenvalue weighted by molar-refractivity contribution is 5.87. The van der Waals surface area contributed by atoms with Gasteiger partial charge in [-0.3, -0.25) is 0 Å². The minimum atomic E-state index is -0.784. The van der Waals surface area contributed by atoms with E-state index in [0.29, 0.717) is 22.8 Å². The molecule has 9 heteroatoms. The van der Waals surface area contributed by atoms with Crippen LogP contribution in [0.3, 0.4) is 0 Å². The molecule has 0 aliphatic carbocycles. The van der Waals surface area contributed by atoms with Gasteiger partial charge in [-0.25, -0.2) is 13.6 Å². The number of rotatable bonds is 8. The maximum absolute atomic E-state index is 13.8. The third kappa shape index (κ3) is 5.19. The highest BCUT2D eigenvalue weighted by Gasteiger charge is 2.14. The average Bonchev–Trinajstić information content (AvgIpc) is 3.24. The first-order valence-corrected chi connectivity index (χ1v) is 9.01. The number of carbonyl (C=O) groups excluding carboxylic acids is 1. The van der Waals surface area contributed by atoms with Gasteiger partial charge in [0.15, 0.2) is 17.3 Å². The molecule has 1 heterocycles. The van der Waals surface area contributed by atoms with E-state index in [0.717, 1.165) is 12.1 Å². The zero-order valence-electron chi connectivity index (χ0n) is 17.0. The van der Waals surface area contributed by atoms with E-state index in [-0.39, 0.29) is 23.6 Å². The molecule has 1 aromatic heterocycles. The van der Waals surface area contributed by atoms with Crippen molar-refractivity contribution in [3.63, 3.8) is 0 Å². The van der Waals surface area contributed by atoms with Crippen molar-refractivity contribution in [1.29, 1.82) is 0 Å².